The van der Waals surface area contributed by atoms with Crippen molar-refractivity contribution >= 4 is 15.9 Å². The smallest absolute Gasteiger partial charge is 0.266 e. The van der Waals surface area contributed by atoms with E-state index in [9.17, 15) is 4.79 Å². The number of rotatable bonds is 1. The van der Waals surface area contributed by atoms with Crippen LogP contribution in [0.3, 0.4) is 0 Å². The summed E-state index contributed by atoms with van der Waals surface area (Å²) in [6.45, 7) is 3.80. The van der Waals surface area contributed by atoms with Crippen molar-refractivity contribution in [2.24, 2.45) is 0 Å². The minimum atomic E-state index is -0.130. The second-order valence-electron chi connectivity index (χ2n) is 3.65. The molecule has 16 heavy (non-hydrogen) atoms. The number of hydrogen-bond acceptors (Lipinski definition) is 2. The van der Waals surface area contributed by atoms with E-state index in [1.54, 1.807) is 6.20 Å². The molecule has 0 radical (unpaired) electrons. The Kier molecular flexibility index (Phi) is 2.92. The van der Waals surface area contributed by atoms with Crippen molar-refractivity contribution in [1.82, 2.24) is 9.78 Å². The van der Waals surface area contributed by atoms with Crippen LogP contribution in [0, 0.1) is 13.8 Å². The minimum Gasteiger partial charge on any atom is -0.266 e. The number of benzene rings is 1. The molecule has 1 heterocycles. The SMILES string of the molecule is Cc1ccccc1-n1ncc(C)c(Br)c1=O. The summed E-state index contributed by atoms with van der Waals surface area (Å²) in [5, 5.41) is 4.14. The number of aryl methyl sites for hydroxylation is 2. The van der Waals surface area contributed by atoms with E-state index in [-0.39, 0.29) is 5.56 Å². The van der Waals surface area contributed by atoms with Gasteiger partial charge in [-0.1, -0.05) is 18.2 Å². The molecule has 82 valence electrons. The van der Waals surface area contributed by atoms with Gasteiger partial charge in [-0.2, -0.15) is 9.78 Å². The van der Waals surface area contributed by atoms with E-state index in [1.165, 1.54) is 4.68 Å². The molecular formula is C12H11BrN2O. The quantitative estimate of drug-likeness (QED) is 0.804. The average molecular weight is 279 g/mol. The van der Waals surface area contributed by atoms with Crippen molar-refractivity contribution in [3.05, 3.63) is 56.4 Å². The molecule has 3 nitrogen and oxygen atoms in total. The monoisotopic (exact) mass is 278 g/mol. The predicted molar refractivity (Wildman–Crippen MR) is 67.0 cm³/mol. The molecule has 0 aliphatic heterocycles. The molecule has 0 bridgehead atoms. The van der Waals surface area contributed by atoms with Crippen LogP contribution in [0.2, 0.25) is 0 Å². The second-order valence-corrected chi connectivity index (χ2v) is 4.44. The van der Waals surface area contributed by atoms with E-state index in [0.717, 1.165) is 16.8 Å². The van der Waals surface area contributed by atoms with Gasteiger partial charge in [0, 0.05) is 0 Å². The summed E-state index contributed by atoms with van der Waals surface area (Å²) in [7, 11) is 0. The van der Waals surface area contributed by atoms with Crippen LogP contribution in [-0.2, 0) is 0 Å². The molecule has 0 aliphatic rings. The highest BCUT2D eigenvalue weighted by Gasteiger charge is 2.08. The first-order valence-electron chi connectivity index (χ1n) is 4.91. The molecule has 0 unspecified atom stereocenters. The maximum absolute atomic E-state index is 12.0. The van der Waals surface area contributed by atoms with Crippen molar-refractivity contribution in [2.75, 3.05) is 0 Å². The zero-order chi connectivity index (χ0) is 11.7. The lowest BCUT2D eigenvalue weighted by atomic mass is 10.2. The molecular weight excluding hydrogens is 268 g/mol. The summed E-state index contributed by atoms with van der Waals surface area (Å²) < 4.78 is 1.97. The van der Waals surface area contributed by atoms with Crippen LogP contribution in [0.1, 0.15) is 11.1 Å². The Morgan fingerprint density at radius 1 is 1.19 bits per heavy atom. The molecule has 1 aromatic carbocycles. The van der Waals surface area contributed by atoms with E-state index >= 15 is 0 Å². The molecule has 0 N–H and O–H groups in total. The van der Waals surface area contributed by atoms with Gasteiger partial charge in [0.25, 0.3) is 5.56 Å². The third kappa shape index (κ3) is 1.80. The van der Waals surface area contributed by atoms with Gasteiger partial charge in [-0.05, 0) is 47.0 Å². The van der Waals surface area contributed by atoms with Crippen LogP contribution >= 0.6 is 15.9 Å². The summed E-state index contributed by atoms with van der Waals surface area (Å²) in [6, 6.07) is 7.67. The topological polar surface area (TPSA) is 34.9 Å². The first-order valence-corrected chi connectivity index (χ1v) is 5.71. The summed E-state index contributed by atoms with van der Waals surface area (Å²) in [6.07, 6.45) is 1.68. The van der Waals surface area contributed by atoms with E-state index in [1.807, 2.05) is 38.1 Å². The molecule has 4 heteroatoms. The van der Waals surface area contributed by atoms with Crippen molar-refractivity contribution in [1.29, 1.82) is 0 Å². The normalized spacial score (nSPS) is 10.4. The molecule has 2 rings (SSSR count). The molecule has 0 fully saturated rings. The maximum atomic E-state index is 12.0. The molecule has 0 atom stereocenters. The third-order valence-corrected chi connectivity index (χ3v) is 3.40. The van der Waals surface area contributed by atoms with Crippen LogP contribution in [0.5, 0.6) is 0 Å². The van der Waals surface area contributed by atoms with Crippen LogP contribution in [0.4, 0.5) is 0 Å². The number of nitrogens with zero attached hydrogens (tertiary/aromatic N) is 2. The van der Waals surface area contributed by atoms with E-state index in [0.29, 0.717) is 4.47 Å². The van der Waals surface area contributed by atoms with Crippen molar-refractivity contribution in [2.45, 2.75) is 13.8 Å². The highest BCUT2D eigenvalue weighted by molar-refractivity contribution is 9.10. The summed E-state index contributed by atoms with van der Waals surface area (Å²) in [4.78, 5) is 12.0. The van der Waals surface area contributed by atoms with Gasteiger partial charge in [0.05, 0.1) is 16.4 Å². The third-order valence-electron chi connectivity index (χ3n) is 2.44. The zero-order valence-electron chi connectivity index (χ0n) is 9.07. The fraction of sp³-hybridized carbons (Fsp3) is 0.167. The van der Waals surface area contributed by atoms with Crippen molar-refractivity contribution < 1.29 is 0 Å². The molecule has 0 amide bonds. The molecule has 0 spiro atoms. The van der Waals surface area contributed by atoms with Gasteiger partial charge in [-0.3, -0.25) is 4.79 Å². The Hall–Kier alpha value is -1.42. The Labute approximate surface area is 102 Å². The highest BCUT2D eigenvalue weighted by Crippen LogP contribution is 2.13. The van der Waals surface area contributed by atoms with Crippen molar-refractivity contribution in [3.63, 3.8) is 0 Å². The van der Waals surface area contributed by atoms with E-state index in [2.05, 4.69) is 21.0 Å². The van der Waals surface area contributed by atoms with Gasteiger partial charge in [-0.15, -0.1) is 0 Å². The van der Waals surface area contributed by atoms with Gasteiger partial charge >= 0.3 is 0 Å². The lowest BCUT2D eigenvalue weighted by Crippen LogP contribution is -2.22. The van der Waals surface area contributed by atoms with Gasteiger partial charge in [-0.25, -0.2) is 0 Å². The lowest BCUT2D eigenvalue weighted by Gasteiger charge is -2.08. The summed E-state index contributed by atoms with van der Waals surface area (Å²) in [5.74, 6) is 0. The Balaban J connectivity index is 2.72. The van der Waals surface area contributed by atoms with Gasteiger partial charge in [0.15, 0.2) is 0 Å². The number of hydrogen-bond donors (Lipinski definition) is 0. The van der Waals surface area contributed by atoms with Crippen LogP contribution < -0.4 is 5.56 Å². The Bertz CT molecular complexity index is 590. The fourth-order valence-electron chi connectivity index (χ4n) is 1.49. The molecule has 1 aromatic heterocycles. The molecule has 0 aliphatic carbocycles. The van der Waals surface area contributed by atoms with E-state index in [4.69, 9.17) is 0 Å². The zero-order valence-corrected chi connectivity index (χ0v) is 10.7. The summed E-state index contributed by atoms with van der Waals surface area (Å²) in [5.41, 5.74) is 2.55. The van der Waals surface area contributed by atoms with Crippen LogP contribution in [0.25, 0.3) is 5.69 Å². The first-order chi connectivity index (χ1) is 7.61. The first kappa shape index (κ1) is 11.1. The Morgan fingerprint density at radius 2 is 1.88 bits per heavy atom. The number of halogens is 1. The fourth-order valence-corrected chi connectivity index (χ4v) is 1.76. The molecule has 2 aromatic rings. The standard InChI is InChI=1S/C12H11BrN2O/c1-8-5-3-4-6-10(8)15-12(16)11(13)9(2)7-14-15/h3-7H,1-2H3. The van der Waals surface area contributed by atoms with Gasteiger partial charge < -0.3 is 0 Å². The van der Waals surface area contributed by atoms with Crippen LogP contribution in [0.15, 0.2) is 39.7 Å². The summed E-state index contributed by atoms with van der Waals surface area (Å²) >= 11 is 3.28. The van der Waals surface area contributed by atoms with Gasteiger partial charge in [0.1, 0.15) is 0 Å². The van der Waals surface area contributed by atoms with Crippen LogP contribution in [-0.4, -0.2) is 9.78 Å². The second kappa shape index (κ2) is 4.22. The number of aromatic nitrogens is 2. The molecule has 0 saturated carbocycles. The highest BCUT2D eigenvalue weighted by atomic mass is 79.9. The average Bonchev–Trinajstić information content (AvgIpc) is 2.28. The largest absolute Gasteiger partial charge is 0.286 e. The van der Waals surface area contributed by atoms with Gasteiger partial charge in [0.2, 0.25) is 0 Å². The molecule has 0 saturated heterocycles. The maximum Gasteiger partial charge on any atom is 0.286 e. The lowest BCUT2D eigenvalue weighted by molar-refractivity contribution is 0.788. The predicted octanol–water partition coefficient (Wildman–Crippen LogP) is 2.61. The Morgan fingerprint density at radius 3 is 2.56 bits per heavy atom. The minimum absolute atomic E-state index is 0.130. The number of para-hydroxylation sites is 1. The van der Waals surface area contributed by atoms with Crippen molar-refractivity contribution in [3.8, 4) is 5.69 Å². The van der Waals surface area contributed by atoms with E-state index < -0.39 is 0 Å².